The van der Waals surface area contributed by atoms with Crippen LogP contribution in [-0.4, -0.2) is 26.1 Å². The van der Waals surface area contributed by atoms with Gasteiger partial charge < -0.3 is 5.32 Å². The highest BCUT2D eigenvalue weighted by molar-refractivity contribution is 7.99. The largest absolute Gasteiger partial charge is 0.324 e. The Hall–Kier alpha value is -3.69. The number of thioether (sulfide) groups is 1. The van der Waals surface area contributed by atoms with Crippen molar-refractivity contribution in [1.29, 1.82) is 0 Å². The molecule has 0 fully saturated rings. The maximum absolute atomic E-state index is 13.4. The van der Waals surface area contributed by atoms with Crippen molar-refractivity contribution in [3.8, 4) is 5.69 Å². The summed E-state index contributed by atoms with van der Waals surface area (Å²) >= 11 is 7.19. The number of carbonyl (C=O) groups excluding carboxylic acids is 1. The second-order valence-corrected chi connectivity index (χ2v) is 8.88. The molecule has 1 aromatic heterocycles. The fraction of sp³-hybridized carbons (Fsp3) is 0.125. The van der Waals surface area contributed by atoms with E-state index in [9.17, 15) is 19.7 Å². The number of hydrogen-bond donors (Lipinski definition) is 1. The number of hydrogen-bond acceptors (Lipinski definition) is 6. The Bertz CT molecular complexity index is 1500. The van der Waals surface area contributed by atoms with Gasteiger partial charge in [0.05, 0.1) is 38.0 Å². The maximum atomic E-state index is 13.4. The zero-order valence-electron chi connectivity index (χ0n) is 18.2. The first-order chi connectivity index (χ1) is 16.3. The van der Waals surface area contributed by atoms with Gasteiger partial charge in [-0.25, -0.2) is 4.98 Å². The number of fused-ring (bicyclic) bond motifs is 1. The molecule has 0 spiro atoms. The summed E-state index contributed by atoms with van der Waals surface area (Å²) in [5.74, 6) is -0.446. The fourth-order valence-corrected chi connectivity index (χ4v) is 4.46. The highest BCUT2D eigenvalue weighted by atomic mass is 35.5. The van der Waals surface area contributed by atoms with Crippen LogP contribution in [-0.2, 0) is 4.79 Å². The van der Waals surface area contributed by atoms with E-state index in [1.165, 1.54) is 22.8 Å². The number of anilines is 1. The molecular formula is C24H19ClN4O4S. The standard InChI is InChI=1S/C24H19ClN4O4S/c1-14-6-5-9-21(15(14)2)28-23(31)17-7-3-4-8-19(17)27-24(28)34-13-22(30)26-20-11-10-16(29(32)33)12-18(20)25/h3-12H,13H2,1-2H3,(H,26,30). The zero-order valence-corrected chi connectivity index (χ0v) is 19.8. The molecule has 3 aromatic carbocycles. The van der Waals surface area contributed by atoms with Crippen molar-refractivity contribution in [2.75, 3.05) is 11.1 Å². The average Bonchev–Trinajstić information content (AvgIpc) is 2.81. The Morgan fingerprint density at radius 1 is 1.15 bits per heavy atom. The van der Waals surface area contributed by atoms with Gasteiger partial charge in [0.25, 0.3) is 11.2 Å². The quantitative estimate of drug-likeness (QED) is 0.169. The molecule has 0 radical (unpaired) electrons. The summed E-state index contributed by atoms with van der Waals surface area (Å²) in [6.07, 6.45) is 0. The maximum Gasteiger partial charge on any atom is 0.271 e. The van der Waals surface area contributed by atoms with Gasteiger partial charge in [-0.05, 0) is 49.2 Å². The molecule has 0 aliphatic carbocycles. The van der Waals surface area contributed by atoms with Crippen LogP contribution < -0.4 is 10.9 Å². The molecule has 172 valence electrons. The molecule has 0 atom stereocenters. The molecule has 0 saturated heterocycles. The van der Waals surface area contributed by atoms with Crippen molar-refractivity contribution < 1.29 is 9.72 Å². The third-order valence-corrected chi connectivity index (χ3v) is 6.58. The minimum Gasteiger partial charge on any atom is -0.324 e. The topological polar surface area (TPSA) is 107 Å². The summed E-state index contributed by atoms with van der Waals surface area (Å²) in [5, 5.41) is 14.4. The van der Waals surface area contributed by atoms with E-state index in [0.717, 1.165) is 22.9 Å². The van der Waals surface area contributed by atoms with Crippen LogP contribution in [0.15, 0.2) is 70.6 Å². The van der Waals surface area contributed by atoms with E-state index in [4.69, 9.17) is 11.6 Å². The second kappa shape index (κ2) is 9.66. The van der Waals surface area contributed by atoms with Crippen LogP contribution >= 0.6 is 23.4 Å². The van der Waals surface area contributed by atoms with Gasteiger partial charge in [0, 0.05) is 12.1 Å². The molecule has 4 aromatic rings. The van der Waals surface area contributed by atoms with Crippen LogP contribution in [0.5, 0.6) is 0 Å². The summed E-state index contributed by atoms with van der Waals surface area (Å²) in [6.45, 7) is 3.90. The van der Waals surface area contributed by atoms with Gasteiger partial charge >= 0.3 is 0 Å². The van der Waals surface area contributed by atoms with Gasteiger partial charge in [0.1, 0.15) is 0 Å². The van der Waals surface area contributed by atoms with Gasteiger partial charge in [-0.2, -0.15) is 0 Å². The molecule has 4 rings (SSSR count). The summed E-state index contributed by atoms with van der Waals surface area (Å²) in [7, 11) is 0. The number of non-ortho nitro benzene ring substituents is 1. The number of rotatable bonds is 6. The zero-order chi connectivity index (χ0) is 24.4. The SMILES string of the molecule is Cc1cccc(-n2c(SCC(=O)Nc3ccc([N+](=O)[O-])cc3Cl)nc3ccccc3c2=O)c1C. The summed E-state index contributed by atoms with van der Waals surface area (Å²) < 4.78 is 1.53. The van der Waals surface area contributed by atoms with Crippen LogP contribution in [0, 0.1) is 24.0 Å². The van der Waals surface area contributed by atoms with Crippen molar-refractivity contribution >= 4 is 51.5 Å². The Morgan fingerprint density at radius 3 is 2.65 bits per heavy atom. The first-order valence-electron chi connectivity index (χ1n) is 10.2. The lowest BCUT2D eigenvalue weighted by atomic mass is 10.1. The van der Waals surface area contributed by atoms with E-state index in [-0.39, 0.29) is 27.7 Å². The Kier molecular flexibility index (Phi) is 6.67. The number of nitrogens with one attached hydrogen (secondary N) is 1. The second-order valence-electron chi connectivity index (χ2n) is 7.53. The Morgan fingerprint density at radius 2 is 1.91 bits per heavy atom. The average molecular weight is 495 g/mol. The number of halogens is 1. The number of nitro groups is 1. The van der Waals surface area contributed by atoms with Crippen molar-refractivity contribution in [3.05, 3.63) is 97.3 Å². The van der Waals surface area contributed by atoms with Crippen LogP contribution in [0.25, 0.3) is 16.6 Å². The predicted molar refractivity (Wildman–Crippen MR) is 134 cm³/mol. The van der Waals surface area contributed by atoms with Gasteiger partial charge in [-0.1, -0.05) is 47.6 Å². The lowest BCUT2D eigenvalue weighted by Crippen LogP contribution is -2.23. The number of aromatic nitrogens is 2. The van der Waals surface area contributed by atoms with E-state index in [1.807, 2.05) is 32.0 Å². The molecule has 0 aliphatic heterocycles. The van der Waals surface area contributed by atoms with Gasteiger partial charge in [0.15, 0.2) is 5.16 Å². The first kappa shape index (κ1) is 23.5. The molecule has 0 aliphatic rings. The number of para-hydroxylation sites is 1. The lowest BCUT2D eigenvalue weighted by Gasteiger charge is -2.16. The highest BCUT2D eigenvalue weighted by Gasteiger charge is 2.17. The number of aryl methyl sites for hydroxylation is 1. The molecule has 34 heavy (non-hydrogen) atoms. The Balaban J connectivity index is 1.67. The minimum absolute atomic E-state index is 0.0526. The van der Waals surface area contributed by atoms with Crippen LogP contribution in [0.2, 0.25) is 5.02 Å². The van der Waals surface area contributed by atoms with Crippen LogP contribution in [0.3, 0.4) is 0 Å². The number of nitrogens with zero attached hydrogens (tertiary/aromatic N) is 3. The number of nitro benzene ring substituents is 1. The molecule has 0 saturated carbocycles. The van der Waals surface area contributed by atoms with Crippen LogP contribution in [0.1, 0.15) is 11.1 Å². The highest BCUT2D eigenvalue weighted by Crippen LogP contribution is 2.28. The third kappa shape index (κ3) is 4.66. The molecule has 1 N–H and O–H groups in total. The molecule has 0 unspecified atom stereocenters. The van der Waals surface area contributed by atoms with Gasteiger partial charge in [0.2, 0.25) is 5.91 Å². The smallest absolute Gasteiger partial charge is 0.271 e. The monoisotopic (exact) mass is 494 g/mol. The van der Waals surface area contributed by atoms with E-state index in [1.54, 1.807) is 24.3 Å². The summed E-state index contributed by atoms with van der Waals surface area (Å²) in [5.41, 5.74) is 3.07. The van der Waals surface area contributed by atoms with Crippen molar-refractivity contribution in [2.45, 2.75) is 19.0 Å². The summed E-state index contributed by atoms with van der Waals surface area (Å²) in [4.78, 5) is 41.0. The van der Waals surface area contributed by atoms with E-state index in [0.29, 0.717) is 21.7 Å². The minimum atomic E-state index is -0.564. The van der Waals surface area contributed by atoms with E-state index < -0.39 is 10.8 Å². The molecule has 1 amide bonds. The molecule has 1 heterocycles. The van der Waals surface area contributed by atoms with E-state index in [2.05, 4.69) is 10.3 Å². The van der Waals surface area contributed by atoms with Crippen molar-refractivity contribution in [1.82, 2.24) is 9.55 Å². The number of amides is 1. The fourth-order valence-electron chi connectivity index (χ4n) is 3.43. The predicted octanol–water partition coefficient (Wildman–Crippen LogP) is 5.29. The molecule has 10 heteroatoms. The van der Waals surface area contributed by atoms with Crippen molar-refractivity contribution in [3.63, 3.8) is 0 Å². The van der Waals surface area contributed by atoms with Gasteiger partial charge in [-0.3, -0.25) is 24.3 Å². The molecular weight excluding hydrogens is 476 g/mol. The summed E-state index contributed by atoms with van der Waals surface area (Å²) in [6, 6.07) is 16.6. The number of carbonyl (C=O) groups is 1. The normalized spacial score (nSPS) is 10.9. The Labute approximate surface area is 203 Å². The third-order valence-electron chi connectivity index (χ3n) is 5.33. The van der Waals surface area contributed by atoms with E-state index >= 15 is 0 Å². The molecule has 8 nitrogen and oxygen atoms in total. The van der Waals surface area contributed by atoms with Crippen molar-refractivity contribution in [2.24, 2.45) is 0 Å². The first-order valence-corrected chi connectivity index (χ1v) is 11.6. The lowest BCUT2D eigenvalue weighted by molar-refractivity contribution is -0.384. The van der Waals surface area contributed by atoms with Gasteiger partial charge in [-0.15, -0.1) is 0 Å². The van der Waals surface area contributed by atoms with Crippen LogP contribution in [0.4, 0.5) is 11.4 Å². The number of benzene rings is 3. The molecule has 0 bridgehead atoms.